The predicted octanol–water partition coefficient (Wildman–Crippen LogP) is 4.64. The zero-order chi connectivity index (χ0) is 20.3. The molecule has 28 heavy (non-hydrogen) atoms. The minimum atomic E-state index is 0.196. The van der Waals surface area contributed by atoms with Crippen LogP contribution >= 0.6 is 0 Å². The van der Waals surface area contributed by atoms with Crippen LogP contribution in [0.3, 0.4) is 0 Å². The van der Waals surface area contributed by atoms with Gasteiger partial charge in [0.15, 0.2) is 0 Å². The van der Waals surface area contributed by atoms with E-state index in [-0.39, 0.29) is 6.61 Å². The van der Waals surface area contributed by atoms with E-state index < -0.39 is 0 Å². The summed E-state index contributed by atoms with van der Waals surface area (Å²) in [5.74, 6) is 0.964. The molecule has 3 aromatic rings. The van der Waals surface area contributed by atoms with Crippen LogP contribution in [0, 0.1) is 0 Å². The number of aromatic nitrogens is 3. The lowest BCUT2D eigenvalue weighted by Gasteiger charge is -2.14. The Hall–Kier alpha value is -2.40. The van der Waals surface area contributed by atoms with Gasteiger partial charge in [0.05, 0.1) is 18.0 Å². The average molecular weight is 382 g/mol. The van der Waals surface area contributed by atoms with Crippen LogP contribution in [0.2, 0.25) is 0 Å². The molecule has 0 radical (unpaired) electrons. The van der Waals surface area contributed by atoms with Crippen molar-refractivity contribution in [2.75, 3.05) is 13.2 Å². The number of rotatable bonds is 8. The first-order valence-electron chi connectivity index (χ1n) is 10.3. The van der Waals surface area contributed by atoms with E-state index in [4.69, 9.17) is 14.7 Å². The molecule has 0 aliphatic heterocycles. The molecule has 0 saturated heterocycles. The number of ether oxygens (including phenoxy) is 1. The molecule has 1 N–H and O–H groups in total. The Morgan fingerprint density at radius 1 is 1.14 bits per heavy atom. The summed E-state index contributed by atoms with van der Waals surface area (Å²) in [6.07, 6.45) is 4.63. The summed E-state index contributed by atoms with van der Waals surface area (Å²) in [6.45, 7) is 9.22. The van der Waals surface area contributed by atoms with Crippen molar-refractivity contribution in [3.05, 3.63) is 41.2 Å². The van der Waals surface area contributed by atoms with Crippen molar-refractivity contribution >= 4 is 11.0 Å². The fraction of sp³-hybridized carbons (Fsp3) is 0.478. The van der Waals surface area contributed by atoms with Crippen molar-refractivity contribution in [1.29, 1.82) is 0 Å². The van der Waals surface area contributed by atoms with Crippen molar-refractivity contribution in [3.8, 4) is 17.1 Å². The van der Waals surface area contributed by atoms with E-state index in [9.17, 15) is 5.11 Å². The maximum atomic E-state index is 9.35. The zero-order valence-electron chi connectivity index (χ0n) is 17.6. The molecular formula is C23H31N3O2. The highest BCUT2D eigenvalue weighted by Gasteiger charge is 2.19. The van der Waals surface area contributed by atoms with Gasteiger partial charge in [0.1, 0.15) is 5.65 Å². The van der Waals surface area contributed by atoms with Crippen LogP contribution < -0.4 is 4.74 Å². The second-order valence-electron chi connectivity index (χ2n) is 7.26. The molecule has 150 valence electrons. The van der Waals surface area contributed by atoms with E-state index in [1.54, 1.807) is 0 Å². The lowest BCUT2D eigenvalue weighted by atomic mass is 9.95. The number of nitrogens with zero attached hydrogens (tertiary/aromatic N) is 3. The number of aliphatic hydroxyl groups excluding tert-OH is 1. The van der Waals surface area contributed by atoms with Crippen LogP contribution in [-0.2, 0) is 19.9 Å². The first kappa shape index (κ1) is 20.3. The second-order valence-corrected chi connectivity index (χ2v) is 7.26. The lowest BCUT2D eigenvalue weighted by Crippen LogP contribution is -2.02. The Bertz CT molecular complexity index is 962. The molecule has 3 heterocycles. The normalized spacial score (nSPS) is 12.5. The number of pyridine rings is 2. The quantitative estimate of drug-likeness (QED) is 0.617. The predicted molar refractivity (Wildman–Crippen MR) is 114 cm³/mol. The number of aryl methyl sites for hydroxylation is 3. The molecule has 5 heteroatoms. The van der Waals surface area contributed by atoms with E-state index >= 15 is 0 Å². The molecule has 0 amide bonds. The van der Waals surface area contributed by atoms with Gasteiger partial charge in [-0.2, -0.15) is 0 Å². The standard InChI is InChI=1S/C23H31N3O2/c1-6-16-13-18-19(15(4)11-12-27)14-26(5)23(18)25-22(16)17-9-10-21(28-8-3)24-20(17)7-2/h9-10,13-15,27H,6-8,11-12H2,1-5H3/t15-/m0/s1. The van der Waals surface area contributed by atoms with Crippen LogP contribution in [-0.4, -0.2) is 32.9 Å². The summed E-state index contributed by atoms with van der Waals surface area (Å²) in [5, 5.41) is 10.5. The fourth-order valence-electron chi connectivity index (χ4n) is 3.80. The Morgan fingerprint density at radius 3 is 2.57 bits per heavy atom. The van der Waals surface area contributed by atoms with Gasteiger partial charge in [-0.1, -0.05) is 20.8 Å². The van der Waals surface area contributed by atoms with Gasteiger partial charge >= 0.3 is 0 Å². The van der Waals surface area contributed by atoms with Crippen molar-refractivity contribution in [2.45, 2.75) is 52.9 Å². The first-order valence-corrected chi connectivity index (χ1v) is 10.3. The van der Waals surface area contributed by atoms with Gasteiger partial charge in [0.25, 0.3) is 0 Å². The maximum absolute atomic E-state index is 9.35. The topological polar surface area (TPSA) is 60.2 Å². The molecule has 3 aromatic heterocycles. The number of aliphatic hydroxyl groups is 1. The summed E-state index contributed by atoms with van der Waals surface area (Å²) in [6, 6.07) is 6.29. The summed E-state index contributed by atoms with van der Waals surface area (Å²) < 4.78 is 7.67. The van der Waals surface area contributed by atoms with Gasteiger partial charge in [-0.15, -0.1) is 0 Å². The van der Waals surface area contributed by atoms with Gasteiger partial charge in [0.2, 0.25) is 5.88 Å². The minimum absolute atomic E-state index is 0.196. The molecule has 0 bridgehead atoms. The maximum Gasteiger partial charge on any atom is 0.213 e. The molecule has 1 atom stereocenters. The largest absolute Gasteiger partial charge is 0.478 e. The Labute approximate surface area is 167 Å². The van der Waals surface area contributed by atoms with Crippen LogP contribution in [0.15, 0.2) is 24.4 Å². The number of hydrogen-bond donors (Lipinski definition) is 1. The zero-order valence-corrected chi connectivity index (χ0v) is 17.6. The van der Waals surface area contributed by atoms with Crippen molar-refractivity contribution in [1.82, 2.24) is 14.5 Å². The third-order valence-electron chi connectivity index (χ3n) is 5.36. The van der Waals surface area contributed by atoms with E-state index in [1.165, 1.54) is 16.5 Å². The van der Waals surface area contributed by atoms with Crippen molar-refractivity contribution < 1.29 is 9.84 Å². The van der Waals surface area contributed by atoms with Crippen LogP contribution in [0.1, 0.15) is 56.9 Å². The summed E-state index contributed by atoms with van der Waals surface area (Å²) in [5.41, 5.74) is 6.54. The molecule has 5 nitrogen and oxygen atoms in total. The van der Waals surface area contributed by atoms with E-state index in [1.807, 2.05) is 20.0 Å². The molecule has 3 rings (SSSR count). The van der Waals surface area contributed by atoms with Crippen molar-refractivity contribution in [3.63, 3.8) is 0 Å². The molecule has 0 aliphatic carbocycles. The third kappa shape index (κ3) is 3.76. The summed E-state index contributed by atoms with van der Waals surface area (Å²) in [4.78, 5) is 9.78. The van der Waals surface area contributed by atoms with Gasteiger partial charge < -0.3 is 14.4 Å². The highest BCUT2D eigenvalue weighted by molar-refractivity contribution is 5.85. The molecule has 0 unspecified atom stereocenters. The van der Waals surface area contributed by atoms with E-state index in [2.05, 4.69) is 43.7 Å². The van der Waals surface area contributed by atoms with Crippen LogP contribution in [0.5, 0.6) is 5.88 Å². The van der Waals surface area contributed by atoms with Gasteiger partial charge in [-0.25, -0.2) is 9.97 Å². The van der Waals surface area contributed by atoms with Gasteiger partial charge in [0, 0.05) is 36.9 Å². The number of fused-ring (bicyclic) bond motifs is 1. The van der Waals surface area contributed by atoms with E-state index in [0.29, 0.717) is 18.4 Å². The van der Waals surface area contributed by atoms with Crippen molar-refractivity contribution in [2.24, 2.45) is 7.05 Å². The molecule has 0 aromatic carbocycles. The van der Waals surface area contributed by atoms with Gasteiger partial charge in [-0.05, 0) is 55.4 Å². The summed E-state index contributed by atoms with van der Waals surface area (Å²) in [7, 11) is 2.04. The third-order valence-corrected chi connectivity index (χ3v) is 5.36. The smallest absolute Gasteiger partial charge is 0.213 e. The first-order chi connectivity index (χ1) is 13.5. The van der Waals surface area contributed by atoms with Crippen LogP contribution in [0.25, 0.3) is 22.3 Å². The Morgan fingerprint density at radius 2 is 1.93 bits per heavy atom. The molecule has 0 spiro atoms. The average Bonchev–Trinajstić information content (AvgIpc) is 3.03. The SMILES string of the molecule is CCOc1ccc(-c2nc3c(cc2CC)c([C@@H](C)CCO)cn3C)c(CC)n1. The Balaban J connectivity index is 2.18. The summed E-state index contributed by atoms with van der Waals surface area (Å²) >= 11 is 0. The fourth-order valence-corrected chi connectivity index (χ4v) is 3.80. The van der Waals surface area contributed by atoms with Crippen LogP contribution in [0.4, 0.5) is 0 Å². The molecule has 0 fully saturated rings. The molecule has 0 aliphatic rings. The minimum Gasteiger partial charge on any atom is -0.478 e. The lowest BCUT2D eigenvalue weighted by molar-refractivity contribution is 0.279. The van der Waals surface area contributed by atoms with Gasteiger partial charge in [-0.3, -0.25) is 0 Å². The Kier molecular flexibility index (Phi) is 6.35. The highest BCUT2D eigenvalue weighted by Crippen LogP contribution is 2.34. The highest BCUT2D eigenvalue weighted by atomic mass is 16.5. The van der Waals surface area contributed by atoms with E-state index in [0.717, 1.165) is 41.9 Å². The second kappa shape index (κ2) is 8.74. The molecular weight excluding hydrogens is 350 g/mol. The number of hydrogen-bond acceptors (Lipinski definition) is 4. The molecule has 0 saturated carbocycles. The monoisotopic (exact) mass is 381 g/mol.